The first-order chi connectivity index (χ1) is 7.47. The average molecular weight is 246 g/mol. The van der Waals surface area contributed by atoms with Crippen LogP contribution in [0.1, 0.15) is 12.5 Å². The second kappa shape index (κ2) is 4.91. The molecule has 1 aromatic rings. The second-order valence-corrected chi connectivity index (χ2v) is 4.02. The Hall–Kier alpha value is -0.970. The van der Waals surface area contributed by atoms with Crippen molar-refractivity contribution in [2.24, 2.45) is 5.73 Å². The minimum atomic E-state index is -1.18. The lowest BCUT2D eigenvalue weighted by molar-refractivity contribution is 0.0666. The Morgan fingerprint density at radius 1 is 1.38 bits per heavy atom. The Labute approximate surface area is 99.9 Å². The number of hydrogen-bond acceptors (Lipinski definition) is 4. The molecule has 0 spiro atoms. The molecule has 0 heterocycles. The molecular weight excluding hydrogens is 230 g/mol. The molecule has 0 saturated carbocycles. The van der Waals surface area contributed by atoms with Gasteiger partial charge >= 0.3 is 0 Å². The maximum absolute atomic E-state index is 10.1. The van der Waals surface area contributed by atoms with Gasteiger partial charge in [0, 0.05) is 12.1 Å². The molecule has 1 atom stereocenters. The van der Waals surface area contributed by atoms with Gasteiger partial charge in [0.15, 0.2) is 11.5 Å². The predicted octanol–water partition coefficient (Wildman–Crippen LogP) is 1.52. The van der Waals surface area contributed by atoms with E-state index < -0.39 is 5.60 Å². The van der Waals surface area contributed by atoms with E-state index in [-0.39, 0.29) is 6.54 Å². The zero-order chi connectivity index (χ0) is 12.3. The van der Waals surface area contributed by atoms with Crippen LogP contribution in [0.5, 0.6) is 11.5 Å². The van der Waals surface area contributed by atoms with Crippen molar-refractivity contribution in [1.82, 2.24) is 0 Å². The Bertz CT molecular complexity index is 380. The maximum atomic E-state index is 10.1. The molecule has 3 N–H and O–H groups in total. The fourth-order valence-corrected chi connectivity index (χ4v) is 1.85. The number of nitrogens with two attached hydrogens (primary N) is 1. The molecule has 1 aromatic carbocycles. The van der Waals surface area contributed by atoms with E-state index in [1.165, 1.54) is 14.2 Å². The molecule has 1 unspecified atom stereocenters. The molecule has 0 aliphatic heterocycles. The molecule has 0 radical (unpaired) electrons. The van der Waals surface area contributed by atoms with Crippen molar-refractivity contribution < 1.29 is 14.6 Å². The number of benzene rings is 1. The maximum Gasteiger partial charge on any atom is 0.179 e. The van der Waals surface area contributed by atoms with E-state index in [9.17, 15) is 5.11 Å². The van der Waals surface area contributed by atoms with Crippen LogP contribution in [0.2, 0.25) is 5.02 Å². The first-order valence-corrected chi connectivity index (χ1v) is 5.19. The monoisotopic (exact) mass is 245 g/mol. The summed E-state index contributed by atoms with van der Waals surface area (Å²) in [4.78, 5) is 0. The van der Waals surface area contributed by atoms with E-state index in [2.05, 4.69) is 0 Å². The second-order valence-electron chi connectivity index (χ2n) is 3.64. The zero-order valence-electron chi connectivity index (χ0n) is 9.58. The molecule has 0 aromatic heterocycles. The summed E-state index contributed by atoms with van der Waals surface area (Å²) in [5.41, 5.74) is 4.83. The Morgan fingerprint density at radius 3 is 2.44 bits per heavy atom. The fraction of sp³-hybridized carbons (Fsp3) is 0.455. The van der Waals surface area contributed by atoms with Gasteiger partial charge in [-0.15, -0.1) is 0 Å². The minimum absolute atomic E-state index is 0.0716. The van der Waals surface area contributed by atoms with Gasteiger partial charge in [0.1, 0.15) is 5.60 Å². The number of methoxy groups -OCH3 is 2. The summed E-state index contributed by atoms with van der Waals surface area (Å²) in [6.45, 7) is 1.67. The highest BCUT2D eigenvalue weighted by Crippen LogP contribution is 2.40. The van der Waals surface area contributed by atoms with E-state index >= 15 is 0 Å². The lowest BCUT2D eigenvalue weighted by atomic mass is 9.95. The molecule has 0 fully saturated rings. The zero-order valence-corrected chi connectivity index (χ0v) is 10.3. The average Bonchev–Trinajstić information content (AvgIpc) is 2.28. The lowest BCUT2D eigenvalue weighted by Gasteiger charge is -2.24. The molecule has 0 amide bonds. The number of aliphatic hydroxyl groups is 1. The lowest BCUT2D eigenvalue weighted by Crippen LogP contribution is -2.31. The standard InChI is InChI=1S/C11H16ClNO3/c1-11(14,6-13)7-4-5-8(15-2)10(16-3)9(7)12/h4-5,14H,6,13H2,1-3H3. The summed E-state index contributed by atoms with van der Waals surface area (Å²) < 4.78 is 10.2. The van der Waals surface area contributed by atoms with Gasteiger partial charge in [-0.2, -0.15) is 0 Å². The van der Waals surface area contributed by atoms with Crippen molar-refractivity contribution in [3.05, 3.63) is 22.7 Å². The fourth-order valence-electron chi connectivity index (χ4n) is 1.42. The normalized spacial score (nSPS) is 14.4. The number of ether oxygens (including phenoxy) is 2. The first kappa shape index (κ1) is 13.1. The van der Waals surface area contributed by atoms with Crippen LogP contribution in [0.3, 0.4) is 0 Å². The molecule has 0 aliphatic rings. The quantitative estimate of drug-likeness (QED) is 0.844. The number of hydrogen-bond donors (Lipinski definition) is 2. The van der Waals surface area contributed by atoms with E-state index in [0.29, 0.717) is 22.1 Å². The van der Waals surface area contributed by atoms with Crippen molar-refractivity contribution in [2.45, 2.75) is 12.5 Å². The molecule has 1 rings (SSSR count). The summed E-state index contributed by atoms with van der Waals surface area (Å²) in [6.07, 6.45) is 0. The predicted molar refractivity (Wildman–Crippen MR) is 63.2 cm³/mol. The Kier molecular flexibility index (Phi) is 4.02. The Balaban J connectivity index is 3.35. The van der Waals surface area contributed by atoms with Gasteiger partial charge in [-0.3, -0.25) is 0 Å². The summed E-state index contributed by atoms with van der Waals surface area (Å²) >= 11 is 6.14. The van der Waals surface area contributed by atoms with Gasteiger partial charge in [0.25, 0.3) is 0 Å². The molecule has 0 bridgehead atoms. The van der Waals surface area contributed by atoms with Gasteiger partial charge in [0.05, 0.1) is 19.2 Å². The molecule has 4 nitrogen and oxygen atoms in total. The van der Waals surface area contributed by atoms with E-state index in [1.54, 1.807) is 19.1 Å². The van der Waals surface area contributed by atoms with Gasteiger partial charge in [0.2, 0.25) is 0 Å². The van der Waals surface area contributed by atoms with Crippen LogP contribution in [0.4, 0.5) is 0 Å². The van der Waals surface area contributed by atoms with Gasteiger partial charge < -0.3 is 20.3 Å². The molecular formula is C11H16ClNO3. The SMILES string of the molecule is COc1ccc(C(C)(O)CN)c(Cl)c1OC. The summed E-state index contributed by atoms with van der Waals surface area (Å²) in [5.74, 6) is 0.916. The summed E-state index contributed by atoms with van der Waals surface area (Å²) in [7, 11) is 3.01. The van der Waals surface area contributed by atoms with Gasteiger partial charge in [-0.1, -0.05) is 17.7 Å². The highest BCUT2D eigenvalue weighted by Gasteiger charge is 2.27. The number of halogens is 1. The van der Waals surface area contributed by atoms with E-state index in [1.807, 2.05) is 0 Å². The summed E-state index contributed by atoms with van der Waals surface area (Å²) in [6, 6.07) is 3.36. The minimum Gasteiger partial charge on any atom is -0.493 e. The third-order valence-electron chi connectivity index (χ3n) is 2.46. The van der Waals surface area contributed by atoms with Crippen LogP contribution in [0, 0.1) is 0 Å². The smallest absolute Gasteiger partial charge is 0.179 e. The van der Waals surface area contributed by atoms with Crippen molar-refractivity contribution >= 4 is 11.6 Å². The molecule has 0 aliphatic carbocycles. The van der Waals surface area contributed by atoms with Gasteiger partial charge in [-0.25, -0.2) is 0 Å². The van der Waals surface area contributed by atoms with Crippen molar-refractivity contribution in [3.8, 4) is 11.5 Å². The Morgan fingerprint density at radius 2 is 2.00 bits per heavy atom. The van der Waals surface area contributed by atoms with Crippen LogP contribution < -0.4 is 15.2 Å². The van der Waals surface area contributed by atoms with E-state index in [0.717, 1.165) is 0 Å². The van der Waals surface area contributed by atoms with Crippen LogP contribution in [-0.4, -0.2) is 25.9 Å². The van der Waals surface area contributed by atoms with Crippen molar-refractivity contribution in [1.29, 1.82) is 0 Å². The van der Waals surface area contributed by atoms with E-state index in [4.69, 9.17) is 26.8 Å². The molecule has 0 saturated heterocycles. The van der Waals surface area contributed by atoms with Crippen LogP contribution in [0.25, 0.3) is 0 Å². The van der Waals surface area contributed by atoms with Crippen LogP contribution in [0.15, 0.2) is 12.1 Å². The largest absolute Gasteiger partial charge is 0.493 e. The van der Waals surface area contributed by atoms with Crippen molar-refractivity contribution in [3.63, 3.8) is 0 Å². The van der Waals surface area contributed by atoms with Crippen molar-refractivity contribution in [2.75, 3.05) is 20.8 Å². The van der Waals surface area contributed by atoms with Crippen LogP contribution in [-0.2, 0) is 5.60 Å². The summed E-state index contributed by atoms with van der Waals surface area (Å²) in [5, 5.41) is 10.4. The van der Waals surface area contributed by atoms with Crippen LogP contribution >= 0.6 is 11.6 Å². The highest BCUT2D eigenvalue weighted by atomic mass is 35.5. The molecule has 5 heteroatoms. The topological polar surface area (TPSA) is 64.7 Å². The molecule has 16 heavy (non-hydrogen) atoms. The first-order valence-electron chi connectivity index (χ1n) is 4.81. The molecule has 90 valence electrons. The third-order valence-corrected chi connectivity index (χ3v) is 2.84. The number of rotatable bonds is 4. The third kappa shape index (κ3) is 2.24. The van der Waals surface area contributed by atoms with Gasteiger partial charge in [-0.05, 0) is 13.0 Å². The highest BCUT2D eigenvalue weighted by molar-refractivity contribution is 6.33.